The summed E-state index contributed by atoms with van der Waals surface area (Å²) in [6.45, 7) is 5.17. The smallest absolute Gasteiger partial charge is 0.246 e. The SMILES string of the molecule is COCCCN1C(=O)[C@H]2[C@H](C(=O)Nc3cc(Cl)cc(Cl)c3)[C@H]3C=C[C@@]2(O3)[C@@H]1C(=O)N[C@@H]1CCC[C@@H](C)[C@H]1C. The van der Waals surface area contributed by atoms with Gasteiger partial charge in [0, 0.05) is 42.0 Å². The third-order valence-electron chi connectivity index (χ3n) is 8.84. The van der Waals surface area contributed by atoms with Crippen LogP contribution in [0.5, 0.6) is 0 Å². The van der Waals surface area contributed by atoms with Gasteiger partial charge in [-0.05, 0) is 42.9 Å². The number of methoxy groups -OCH3 is 1. The Hall–Kier alpha value is -2.13. The van der Waals surface area contributed by atoms with Crippen LogP contribution in [0, 0.1) is 23.7 Å². The zero-order valence-electron chi connectivity index (χ0n) is 21.9. The van der Waals surface area contributed by atoms with E-state index in [1.165, 1.54) is 0 Å². The number of nitrogens with zero attached hydrogens (tertiary/aromatic N) is 1. The van der Waals surface area contributed by atoms with Crippen LogP contribution in [0.1, 0.15) is 39.5 Å². The molecule has 3 amide bonds. The number of likely N-dealkylation sites (tertiary alicyclic amines) is 1. The fourth-order valence-corrected chi connectivity index (χ4v) is 7.31. The molecule has 0 unspecified atom stereocenters. The molecule has 38 heavy (non-hydrogen) atoms. The van der Waals surface area contributed by atoms with Crippen molar-refractivity contribution < 1.29 is 23.9 Å². The van der Waals surface area contributed by atoms with Crippen LogP contribution in [0.25, 0.3) is 0 Å². The molecule has 1 aromatic carbocycles. The number of fused-ring (bicyclic) bond motifs is 1. The van der Waals surface area contributed by atoms with Crippen LogP contribution in [0.3, 0.4) is 0 Å². The topological polar surface area (TPSA) is 97.0 Å². The van der Waals surface area contributed by atoms with Gasteiger partial charge in [-0.2, -0.15) is 0 Å². The number of carbonyl (C=O) groups is 3. The molecule has 3 heterocycles. The number of amides is 3. The van der Waals surface area contributed by atoms with E-state index in [4.69, 9.17) is 32.7 Å². The van der Waals surface area contributed by atoms with E-state index in [1.54, 1.807) is 30.2 Å². The van der Waals surface area contributed by atoms with Gasteiger partial charge in [0.25, 0.3) is 0 Å². The molecular weight excluding hydrogens is 529 g/mol. The molecule has 3 fully saturated rings. The van der Waals surface area contributed by atoms with E-state index in [2.05, 4.69) is 24.5 Å². The van der Waals surface area contributed by atoms with Crippen LogP contribution >= 0.6 is 23.2 Å². The Morgan fingerprint density at radius 1 is 1.16 bits per heavy atom. The molecule has 5 rings (SSSR count). The minimum atomic E-state index is -1.20. The summed E-state index contributed by atoms with van der Waals surface area (Å²) in [6, 6.07) is 3.95. The highest BCUT2D eigenvalue weighted by Crippen LogP contribution is 2.55. The van der Waals surface area contributed by atoms with Crippen molar-refractivity contribution in [1.29, 1.82) is 0 Å². The summed E-state index contributed by atoms with van der Waals surface area (Å²) in [5.41, 5.74) is -0.762. The minimum Gasteiger partial charge on any atom is -0.385 e. The third kappa shape index (κ3) is 4.74. The molecule has 3 aliphatic heterocycles. The van der Waals surface area contributed by atoms with Crippen LogP contribution in [0.4, 0.5) is 5.69 Å². The number of benzene rings is 1. The Morgan fingerprint density at radius 2 is 1.89 bits per heavy atom. The van der Waals surface area contributed by atoms with Gasteiger partial charge in [-0.1, -0.05) is 62.0 Å². The molecule has 0 aromatic heterocycles. The van der Waals surface area contributed by atoms with Crippen molar-refractivity contribution in [3.05, 3.63) is 40.4 Å². The molecule has 8 nitrogen and oxygen atoms in total. The first-order valence-electron chi connectivity index (χ1n) is 13.4. The van der Waals surface area contributed by atoms with Gasteiger partial charge in [-0.15, -0.1) is 0 Å². The second-order valence-corrected chi connectivity index (χ2v) is 12.0. The molecule has 1 spiro atoms. The Labute approximate surface area is 233 Å². The van der Waals surface area contributed by atoms with Crippen LogP contribution in [0.2, 0.25) is 10.0 Å². The Bertz CT molecular complexity index is 1130. The van der Waals surface area contributed by atoms with Crippen molar-refractivity contribution in [2.45, 2.75) is 63.3 Å². The van der Waals surface area contributed by atoms with Gasteiger partial charge < -0.3 is 25.0 Å². The van der Waals surface area contributed by atoms with Gasteiger partial charge in [-0.25, -0.2) is 0 Å². The number of ether oxygens (including phenoxy) is 2. The van der Waals surface area contributed by atoms with Gasteiger partial charge >= 0.3 is 0 Å². The first kappa shape index (κ1) is 27.4. The first-order valence-corrected chi connectivity index (χ1v) is 14.2. The lowest BCUT2D eigenvalue weighted by atomic mass is 9.73. The fraction of sp³-hybridized carbons (Fsp3) is 0.607. The maximum Gasteiger partial charge on any atom is 0.246 e. The molecule has 4 aliphatic rings. The maximum atomic E-state index is 13.9. The second kappa shape index (κ2) is 10.8. The van der Waals surface area contributed by atoms with E-state index in [-0.39, 0.29) is 23.8 Å². The van der Waals surface area contributed by atoms with E-state index in [9.17, 15) is 14.4 Å². The van der Waals surface area contributed by atoms with Crippen molar-refractivity contribution in [3.8, 4) is 0 Å². The molecular formula is C28H35Cl2N3O5. The molecule has 8 atom stereocenters. The first-order chi connectivity index (χ1) is 18.2. The van der Waals surface area contributed by atoms with Crippen LogP contribution in [-0.4, -0.2) is 66.7 Å². The van der Waals surface area contributed by atoms with Gasteiger partial charge in [0.1, 0.15) is 11.6 Å². The van der Waals surface area contributed by atoms with Crippen LogP contribution in [-0.2, 0) is 23.9 Å². The zero-order chi connectivity index (χ0) is 27.2. The van der Waals surface area contributed by atoms with Crippen LogP contribution < -0.4 is 10.6 Å². The largest absolute Gasteiger partial charge is 0.385 e. The predicted molar refractivity (Wildman–Crippen MR) is 145 cm³/mol. The average Bonchev–Trinajstić information content (AvgIpc) is 3.49. The van der Waals surface area contributed by atoms with Gasteiger partial charge in [-0.3, -0.25) is 14.4 Å². The number of nitrogens with one attached hydrogen (secondary N) is 2. The Kier molecular flexibility index (Phi) is 7.80. The summed E-state index contributed by atoms with van der Waals surface area (Å²) in [5.74, 6) is -1.60. The van der Waals surface area contributed by atoms with Crippen molar-refractivity contribution >= 4 is 46.6 Å². The molecule has 10 heteroatoms. The summed E-state index contributed by atoms with van der Waals surface area (Å²) >= 11 is 12.2. The van der Waals surface area contributed by atoms with Gasteiger partial charge in [0.2, 0.25) is 17.7 Å². The molecule has 2 N–H and O–H groups in total. The highest BCUT2D eigenvalue weighted by Gasteiger charge is 2.72. The number of hydrogen-bond donors (Lipinski definition) is 2. The quantitative estimate of drug-likeness (QED) is 0.367. The molecule has 0 radical (unpaired) electrons. The van der Waals surface area contributed by atoms with Crippen molar-refractivity contribution in [1.82, 2.24) is 10.2 Å². The lowest BCUT2D eigenvalue weighted by Gasteiger charge is -2.38. The van der Waals surface area contributed by atoms with Crippen molar-refractivity contribution in [2.75, 3.05) is 25.6 Å². The number of rotatable bonds is 8. The summed E-state index contributed by atoms with van der Waals surface area (Å²) < 4.78 is 11.6. The molecule has 1 aromatic rings. The molecule has 1 saturated carbocycles. The van der Waals surface area contributed by atoms with E-state index in [0.29, 0.717) is 47.1 Å². The molecule has 2 bridgehead atoms. The highest BCUT2D eigenvalue weighted by atomic mass is 35.5. The normalized spacial score (nSPS) is 35.4. The second-order valence-electron chi connectivity index (χ2n) is 11.1. The Balaban J connectivity index is 1.43. The molecule has 1 aliphatic carbocycles. The third-order valence-corrected chi connectivity index (χ3v) is 9.27. The molecule has 2 saturated heterocycles. The lowest BCUT2D eigenvalue weighted by Crippen LogP contribution is -2.58. The lowest BCUT2D eigenvalue weighted by molar-refractivity contribution is -0.141. The number of anilines is 1. The monoisotopic (exact) mass is 563 g/mol. The fourth-order valence-electron chi connectivity index (χ4n) is 6.79. The van der Waals surface area contributed by atoms with Gasteiger partial charge in [0.05, 0.1) is 17.9 Å². The highest BCUT2D eigenvalue weighted by molar-refractivity contribution is 6.35. The summed E-state index contributed by atoms with van der Waals surface area (Å²) in [6.07, 6.45) is 6.70. The van der Waals surface area contributed by atoms with Gasteiger partial charge in [0.15, 0.2) is 0 Å². The summed E-state index contributed by atoms with van der Waals surface area (Å²) in [7, 11) is 1.60. The predicted octanol–water partition coefficient (Wildman–Crippen LogP) is 4.06. The summed E-state index contributed by atoms with van der Waals surface area (Å²) in [4.78, 5) is 43.0. The Morgan fingerprint density at radius 3 is 2.61 bits per heavy atom. The van der Waals surface area contributed by atoms with Crippen molar-refractivity contribution in [3.63, 3.8) is 0 Å². The van der Waals surface area contributed by atoms with Crippen molar-refractivity contribution in [2.24, 2.45) is 23.7 Å². The molecule has 206 valence electrons. The van der Waals surface area contributed by atoms with E-state index in [1.807, 2.05) is 12.2 Å². The number of halogens is 2. The summed E-state index contributed by atoms with van der Waals surface area (Å²) in [5, 5.41) is 6.89. The number of carbonyl (C=O) groups excluding carboxylic acids is 3. The average molecular weight is 565 g/mol. The standard InChI is InChI=1S/C28H35Cl2N3O5/c1-15-6-4-7-20(16(15)2)32-26(35)24-28-9-8-21(38-28)22(23(28)27(36)33(24)10-5-11-37-3)25(34)31-19-13-17(29)12-18(30)14-19/h8-9,12-16,20-24H,4-7,10-11H2,1-3H3,(H,31,34)(H,32,35)/t15-,16-,20-,21-,22-,23-,24+,28+/m1/s1. The zero-order valence-corrected chi connectivity index (χ0v) is 23.4. The van der Waals surface area contributed by atoms with E-state index < -0.39 is 29.6 Å². The number of hydrogen-bond acceptors (Lipinski definition) is 5. The maximum absolute atomic E-state index is 13.9. The van der Waals surface area contributed by atoms with Crippen LogP contribution in [0.15, 0.2) is 30.4 Å². The van der Waals surface area contributed by atoms with E-state index >= 15 is 0 Å². The minimum absolute atomic E-state index is 0.0342. The van der Waals surface area contributed by atoms with E-state index in [0.717, 1.165) is 19.3 Å².